The number of carbonyl (C=O) groups excluding carboxylic acids is 1. The lowest BCUT2D eigenvalue weighted by Crippen LogP contribution is -2.16. The van der Waals surface area contributed by atoms with Crippen molar-refractivity contribution in [1.29, 1.82) is 0 Å². The molecule has 27 heavy (non-hydrogen) atoms. The number of hydrogen-bond acceptors (Lipinski definition) is 3. The molecule has 6 nitrogen and oxygen atoms in total. The summed E-state index contributed by atoms with van der Waals surface area (Å²) in [5.41, 5.74) is 0.713. The van der Waals surface area contributed by atoms with Crippen molar-refractivity contribution in [3.8, 4) is 0 Å². The van der Waals surface area contributed by atoms with E-state index >= 15 is 0 Å². The predicted octanol–water partition coefficient (Wildman–Crippen LogP) is 4.13. The standard InChI is InChI=1S/C17H15ClF3N5O/c1-10-15(18)11(2)26(23-10)9-25-7-6-14(24-25)16(27)22-13-5-3-4-12(8-13)17(19,20)21/h3-8H,9H2,1-2H3,(H,22,27). The van der Waals surface area contributed by atoms with Gasteiger partial charge in [0.25, 0.3) is 5.91 Å². The first-order valence-electron chi connectivity index (χ1n) is 7.86. The van der Waals surface area contributed by atoms with Crippen LogP contribution in [0.3, 0.4) is 0 Å². The highest BCUT2D eigenvalue weighted by Crippen LogP contribution is 2.30. The average molecular weight is 398 g/mol. The smallest absolute Gasteiger partial charge is 0.321 e. The number of amides is 1. The van der Waals surface area contributed by atoms with E-state index in [1.807, 2.05) is 6.92 Å². The molecule has 142 valence electrons. The summed E-state index contributed by atoms with van der Waals surface area (Å²) in [4.78, 5) is 12.3. The minimum Gasteiger partial charge on any atom is -0.321 e. The van der Waals surface area contributed by atoms with Gasteiger partial charge in [-0.1, -0.05) is 17.7 Å². The van der Waals surface area contributed by atoms with Crippen LogP contribution in [-0.4, -0.2) is 25.5 Å². The number of halogens is 4. The fraction of sp³-hybridized carbons (Fsp3) is 0.235. The number of carbonyl (C=O) groups is 1. The van der Waals surface area contributed by atoms with Crippen LogP contribution in [0.1, 0.15) is 27.4 Å². The molecule has 0 aliphatic rings. The first kappa shape index (κ1) is 19.0. The second-order valence-corrected chi connectivity index (χ2v) is 6.28. The molecular formula is C17H15ClF3N5O. The molecule has 10 heteroatoms. The molecule has 0 spiro atoms. The Hall–Kier alpha value is -2.81. The molecule has 0 bridgehead atoms. The van der Waals surface area contributed by atoms with Gasteiger partial charge in [-0.3, -0.25) is 9.48 Å². The Bertz CT molecular complexity index is 993. The summed E-state index contributed by atoms with van der Waals surface area (Å²) in [6.07, 6.45) is -2.91. The van der Waals surface area contributed by atoms with Crippen LogP contribution in [0, 0.1) is 13.8 Å². The maximum atomic E-state index is 12.8. The number of rotatable bonds is 4. The molecule has 0 aliphatic carbocycles. The van der Waals surface area contributed by atoms with E-state index in [1.54, 1.807) is 17.8 Å². The Morgan fingerprint density at radius 3 is 2.59 bits per heavy atom. The van der Waals surface area contributed by atoms with Crippen molar-refractivity contribution in [2.45, 2.75) is 26.7 Å². The lowest BCUT2D eigenvalue weighted by molar-refractivity contribution is -0.137. The fourth-order valence-electron chi connectivity index (χ4n) is 2.48. The van der Waals surface area contributed by atoms with E-state index in [1.165, 1.54) is 22.9 Å². The second kappa shape index (κ2) is 7.07. The van der Waals surface area contributed by atoms with Gasteiger partial charge >= 0.3 is 6.18 Å². The molecule has 0 unspecified atom stereocenters. The second-order valence-electron chi connectivity index (χ2n) is 5.90. The fourth-order valence-corrected chi connectivity index (χ4v) is 2.62. The summed E-state index contributed by atoms with van der Waals surface area (Å²) in [6, 6.07) is 5.87. The van der Waals surface area contributed by atoms with Crippen LogP contribution in [0.2, 0.25) is 5.02 Å². The Morgan fingerprint density at radius 2 is 1.96 bits per heavy atom. The minimum atomic E-state index is -4.48. The Labute approximate surface area is 157 Å². The highest BCUT2D eigenvalue weighted by Gasteiger charge is 2.30. The van der Waals surface area contributed by atoms with E-state index in [-0.39, 0.29) is 18.1 Å². The molecule has 1 amide bonds. The molecule has 3 rings (SSSR count). The first-order valence-corrected chi connectivity index (χ1v) is 8.24. The van der Waals surface area contributed by atoms with Crippen LogP contribution in [0.4, 0.5) is 18.9 Å². The van der Waals surface area contributed by atoms with Crippen molar-refractivity contribution >= 4 is 23.2 Å². The number of benzene rings is 1. The molecule has 0 aliphatic heterocycles. The molecule has 0 atom stereocenters. The molecule has 0 radical (unpaired) electrons. The maximum Gasteiger partial charge on any atom is 0.416 e. The van der Waals surface area contributed by atoms with Crippen molar-refractivity contribution in [1.82, 2.24) is 19.6 Å². The van der Waals surface area contributed by atoms with Gasteiger partial charge in [0.15, 0.2) is 5.69 Å². The molecule has 0 saturated carbocycles. The van der Waals surface area contributed by atoms with E-state index < -0.39 is 17.6 Å². The van der Waals surface area contributed by atoms with E-state index in [0.29, 0.717) is 10.7 Å². The molecule has 1 aromatic carbocycles. The summed E-state index contributed by atoms with van der Waals surface area (Å²) in [7, 11) is 0. The van der Waals surface area contributed by atoms with Crippen molar-refractivity contribution in [3.05, 3.63) is 64.2 Å². The zero-order chi connectivity index (χ0) is 19.8. The highest BCUT2D eigenvalue weighted by molar-refractivity contribution is 6.31. The molecule has 0 saturated heterocycles. The SMILES string of the molecule is Cc1nn(Cn2ccc(C(=O)Nc3cccc(C(F)(F)F)c3)n2)c(C)c1Cl. The summed E-state index contributed by atoms with van der Waals surface area (Å²) in [5.74, 6) is -0.612. The molecule has 0 fully saturated rings. The van der Waals surface area contributed by atoms with Crippen molar-refractivity contribution in [3.63, 3.8) is 0 Å². The third-order valence-electron chi connectivity index (χ3n) is 3.89. The number of aromatic nitrogens is 4. The third-order valence-corrected chi connectivity index (χ3v) is 4.44. The minimum absolute atomic E-state index is 0.0368. The van der Waals surface area contributed by atoms with Crippen LogP contribution in [-0.2, 0) is 12.8 Å². The van der Waals surface area contributed by atoms with Gasteiger partial charge in [0.1, 0.15) is 6.67 Å². The van der Waals surface area contributed by atoms with E-state index in [9.17, 15) is 18.0 Å². The summed E-state index contributed by atoms with van der Waals surface area (Å²) in [5, 5.41) is 11.4. The van der Waals surface area contributed by atoms with Crippen molar-refractivity contribution in [2.24, 2.45) is 0 Å². The monoisotopic (exact) mass is 397 g/mol. The van der Waals surface area contributed by atoms with Crippen LogP contribution in [0.25, 0.3) is 0 Å². The summed E-state index contributed by atoms with van der Waals surface area (Å²) in [6.45, 7) is 3.84. The summed E-state index contributed by atoms with van der Waals surface area (Å²) >= 11 is 6.10. The average Bonchev–Trinajstić information content (AvgIpc) is 3.16. The number of nitrogens with zero attached hydrogens (tertiary/aromatic N) is 4. The van der Waals surface area contributed by atoms with Crippen molar-refractivity contribution < 1.29 is 18.0 Å². The first-order chi connectivity index (χ1) is 12.6. The zero-order valence-electron chi connectivity index (χ0n) is 14.4. The predicted molar refractivity (Wildman–Crippen MR) is 93.7 cm³/mol. The van der Waals surface area contributed by atoms with Gasteiger partial charge in [-0.05, 0) is 38.1 Å². The van der Waals surface area contributed by atoms with E-state index in [2.05, 4.69) is 15.5 Å². The molecule has 1 N–H and O–H groups in total. The molecule has 2 heterocycles. The Morgan fingerprint density at radius 1 is 1.22 bits per heavy atom. The van der Waals surface area contributed by atoms with E-state index in [4.69, 9.17) is 11.6 Å². The van der Waals surface area contributed by atoms with Crippen LogP contribution in [0.5, 0.6) is 0 Å². The third kappa shape index (κ3) is 4.13. The maximum absolute atomic E-state index is 12.8. The van der Waals surface area contributed by atoms with Gasteiger partial charge in [-0.15, -0.1) is 0 Å². The number of aryl methyl sites for hydroxylation is 1. The van der Waals surface area contributed by atoms with Crippen LogP contribution < -0.4 is 5.32 Å². The van der Waals surface area contributed by atoms with Gasteiger partial charge in [0.05, 0.1) is 22.0 Å². The van der Waals surface area contributed by atoms with Crippen molar-refractivity contribution in [2.75, 3.05) is 5.32 Å². The quantitative estimate of drug-likeness (QED) is 0.720. The normalized spacial score (nSPS) is 11.6. The molecular weight excluding hydrogens is 383 g/mol. The van der Waals surface area contributed by atoms with Gasteiger partial charge in [0.2, 0.25) is 0 Å². The van der Waals surface area contributed by atoms with E-state index in [0.717, 1.165) is 17.8 Å². The topological polar surface area (TPSA) is 64.7 Å². The number of anilines is 1. The van der Waals surface area contributed by atoms with Crippen LogP contribution >= 0.6 is 11.6 Å². The van der Waals surface area contributed by atoms with Gasteiger partial charge in [0, 0.05) is 11.9 Å². The zero-order valence-corrected chi connectivity index (χ0v) is 15.1. The number of alkyl halides is 3. The Balaban J connectivity index is 1.73. The van der Waals surface area contributed by atoms with Crippen LogP contribution in [0.15, 0.2) is 36.5 Å². The highest BCUT2D eigenvalue weighted by atomic mass is 35.5. The molecule has 2 aromatic heterocycles. The van der Waals surface area contributed by atoms with Gasteiger partial charge in [-0.25, -0.2) is 4.68 Å². The lowest BCUT2D eigenvalue weighted by Gasteiger charge is -2.09. The number of hydrogen-bond donors (Lipinski definition) is 1. The molecule has 3 aromatic rings. The van der Waals surface area contributed by atoms with Gasteiger partial charge in [-0.2, -0.15) is 23.4 Å². The largest absolute Gasteiger partial charge is 0.416 e. The summed E-state index contributed by atoms with van der Waals surface area (Å²) < 4.78 is 41.4. The lowest BCUT2D eigenvalue weighted by atomic mass is 10.2. The Kier molecular flexibility index (Phi) is 4.97. The number of nitrogens with one attached hydrogen (secondary N) is 1. The van der Waals surface area contributed by atoms with Gasteiger partial charge < -0.3 is 5.32 Å².